The molecule has 0 saturated carbocycles. The summed E-state index contributed by atoms with van der Waals surface area (Å²) in [6.45, 7) is 5.71. The lowest BCUT2D eigenvalue weighted by atomic mass is 10.2. The van der Waals surface area contributed by atoms with Crippen LogP contribution in [-0.2, 0) is 9.59 Å². The van der Waals surface area contributed by atoms with Crippen molar-refractivity contribution in [3.63, 3.8) is 0 Å². The van der Waals surface area contributed by atoms with Crippen LogP contribution >= 0.6 is 11.6 Å². The van der Waals surface area contributed by atoms with Crippen molar-refractivity contribution in [2.45, 2.75) is 32.6 Å². The molecule has 5 nitrogen and oxygen atoms in total. The SMILES string of the molecule is C=C(CC(=O)Nc1cccc(Cl)c1)NNC(=O)CCCC. The Labute approximate surface area is 129 Å². The maximum atomic E-state index is 11.8. The van der Waals surface area contributed by atoms with Gasteiger partial charge in [-0.2, -0.15) is 0 Å². The lowest BCUT2D eigenvalue weighted by Gasteiger charge is -2.11. The van der Waals surface area contributed by atoms with Crippen molar-refractivity contribution in [2.24, 2.45) is 0 Å². The van der Waals surface area contributed by atoms with Gasteiger partial charge in [0.25, 0.3) is 0 Å². The first kappa shape index (κ1) is 17.0. The third kappa shape index (κ3) is 7.37. The van der Waals surface area contributed by atoms with E-state index in [4.69, 9.17) is 11.6 Å². The summed E-state index contributed by atoms with van der Waals surface area (Å²) in [6, 6.07) is 6.87. The van der Waals surface area contributed by atoms with Gasteiger partial charge in [-0.1, -0.05) is 37.6 Å². The number of unbranched alkanes of at least 4 members (excludes halogenated alkanes) is 1. The summed E-state index contributed by atoms with van der Waals surface area (Å²) in [4.78, 5) is 23.2. The molecule has 0 aromatic heterocycles. The molecule has 0 atom stereocenters. The highest BCUT2D eigenvalue weighted by Gasteiger charge is 2.06. The molecule has 2 amide bonds. The molecule has 21 heavy (non-hydrogen) atoms. The summed E-state index contributed by atoms with van der Waals surface area (Å²) in [5.74, 6) is -0.356. The molecule has 0 heterocycles. The van der Waals surface area contributed by atoms with Crippen LogP contribution in [0.3, 0.4) is 0 Å². The zero-order valence-corrected chi connectivity index (χ0v) is 12.8. The van der Waals surface area contributed by atoms with E-state index in [1.54, 1.807) is 24.3 Å². The Balaban J connectivity index is 2.31. The Morgan fingerprint density at radius 3 is 2.67 bits per heavy atom. The Hall–Kier alpha value is -2.01. The molecule has 1 aromatic rings. The first-order valence-corrected chi connectivity index (χ1v) is 7.17. The molecule has 0 aliphatic rings. The smallest absolute Gasteiger partial charge is 0.238 e. The van der Waals surface area contributed by atoms with Gasteiger partial charge in [0.2, 0.25) is 11.8 Å². The van der Waals surface area contributed by atoms with Crippen molar-refractivity contribution in [1.82, 2.24) is 10.9 Å². The van der Waals surface area contributed by atoms with E-state index in [2.05, 4.69) is 22.7 Å². The van der Waals surface area contributed by atoms with Crippen LogP contribution in [0.25, 0.3) is 0 Å². The molecule has 0 aliphatic carbocycles. The van der Waals surface area contributed by atoms with Gasteiger partial charge in [0.05, 0.1) is 6.42 Å². The highest BCUT2D eigenvalue weighted by atomic mass is 35.5. The molecule has 0 spiro atoms. The third-order valence-corrected chi connectivity index (χ3v) is 2.85. The van der Waals surface area contributed by atoms with E-state index >= 15 is 0 Å². The first-order chi connectivity index (χ1) is 10.0. The molecule has 0 radical (unpaired) electrons. The van der Waals surface area contributed by atoms with Gasteiger partial charge in [-0.15, -0.1) is 0 Å². The van der Waals surface area contributed by atoms with Gasteiger partial charge in [-0.3, -0.25) is 15.0 Å². The summed E-state index contributed by atoms with van der Waals surface area (Å²) in [7, 11) is 0. The molecule has 0 aliphatic heterocycles. The largest absolute Gasteiger partial charge is 0.326 e. The second-order valence-electron chi connectivity index (χ2n) is 4.62. The fourth-order valence-electron chi connectivity index (χ4n) is 1.57. The first-order valence-electron chi connectivity index (χ1n) is 6.79. The van der Waals surface area contributed by atoms with Crippen LogP contribution in [0, 0.1) is 0 Å². The molecule has 0 fully saturated rings. The fraction of sp³-hybridized carbons (Fsp3) is 0.333. The zero-order chi connectivity index (χ0) is 15.7. The minimum absolute atomic E-state index is 0.0561. The van der Waals surface area contributed by atoms with Gasteiger partial charge in [0.15, 0.2) is 0 Å². The van der Waals surface area contributed by atoms with Crippen LogP contribution < -0.4 is 16.2 Å². The second kappa shape index (κ2) is 9.02. The molecule has 0 bridgehead atoms. The van der Waals surface area contributed by atoms with E-state index in [9.17, 15) is 9.59 Å². The third-order valence-electron chi connectivity index (χ3n) is 2.62. The predicted molar refractivity (Wildman–Crippen MR) is 84.6 cm³/mol. The molecule has 1 aromatic carbocycles. The maximum absolute atomic E-state index is 11.8. The van der Waals surface area contributed by atoms with Crippen molar-refractivity contribution in [1.29, 1.82) is 0 Å². The molecule has 6 heteroatoms. The normalized spacial score (nSPS) is 9.81. The Morgan fingerprint density at radius 2 is 2.00 bits per heavy atom. The molecule has 1 rings (SSSR count). The maximum Gasteiger partial charge on any atom is 0.238 e. The molecular formula is C15H20ClN3O2. The van der Waals surface area contributed by atoms with Crippen LogP contribution in [0.1, 0.15) is 32.6 Å². The summed E-state index contributed by atoms with van der Waals surface area (Å²) < 4.78 is 0. The molecule has 0 unspecified atom stereocenters. The minimum atomic E-state index is -0.238. The molecule has 114 valence electrons. The Kier molecular flexibility index (Phi) is 7.32. The second-order valence-corrected chi connectivity index (χ2v) is 5.05. The van der Waals surface area contributed by atoms with Crippen molar-refractivity contribution >= 4 is 29.1 Å². The van der Waals surface area contributed by atoms with Crippen LogP contribution in [-0.4, -0.2) is 11.8 Å². The van der Waals surface area contributed by atoms with Crippen molar-refractivity contribution in [3.05, 3.63) is 41.6 Å². The number of nitrogens with one attached hydrogen (secondary N) is 3. The number of hydrogen-bond acceptors (Lipinski definition) is 3. The predicted octanol–water partition coefficient (Wildman–Crippen LogP) is 2.99. The fourth-order valence-corrected chi connectivity index (χ4v) is 1.76. The van der Waals surface area contributed by atoms with Crippen molar-refractivity contribution in [2.75, 3.05) is 5.32 Å². The summed E-state index contributed by atoms with van der Waals surface area (Å²) >= 11 is 5.83. The van der Waals surface area contributed by atoms with Gasteiger partial charge in [0, 0.05) is 22.8 Å². The van der Waals surface area contributed by atoms with E-state index < -0.39 is 0 Å². The van der Waals surface area contributed by atoms with E-state index in [0.29, 0.717) is 22.8 Å². The highest BCUT2D eigenvalue weighted by Crippen LogP contribution is 2.15. The van der Waals surface area contributed by atoms with E-state index in [-0.39, 0.29) is 18.2 Å². The van der Waals surface area contributed by atoms with E-state index in [1.807, 2.05) is 6.92 Å². The number of benzene rings is 1. The van der Waals surface area contributed by atoms with Crippen LogP contribution in [0.2, 0.25) is 5.02 Å². The van der Waals surface area contributed by atoms with Crippen molar-refractivity contribution in [3.8, 4) is 0 Å². The summed E-state index contributed by atoms with van der Waals surface area (Å²) in [5.41, 5.74) is 6.18. The monoisotopic (exact) mass is 309 g/mol. The minimum Gasteiger partial charge on any atom is -0.326 e. The van der Waals surface area contributed by atoms with Gasteiger partial charge in [-0.25, -0.2) is 0 Å². The lowest BCUT2D eigenvalue weighted by molar-refractivity contribution is -0.122. The van der Waals surface area contributed by atoms with E-state index in [0.717, 1.165) is 12.8 Å². The highest BCUT2D eigenvalue weighted by molar-refractivity contribution is 6.30. The van der Waals surface area contributed by atoms with Gasteiger partial charge in [-0.05, 0) is 24.6 Å². The number of carbonyl (C=O) groups is 2. The quantitative estimate of drug-likeness (QED) is 0.647. The summed E-state index contributed by atoms with van der Waals surface area (Å²) in [6.07, 6.45) is 2.29. The lowest BCUT2D eigenvalue weighted by Crippen LogP contribution is -2.37. The van der Waals surface area contributed by atoms with Crippen LogP contribution in [0.5, 0.6) is 0 Å². The number of rotatable bonds is 8. The number of hydrazine groups is 1. The summed E-state index contributed by atoms with van der Waals surface area (Å²) in [5, 5.41) is 3.25. The molecular weight excluding hydrogens is 290 g/mol. The number of carbonyl (C=O) groups excluding carboxylic acids is 2. The Bertz CT molecular complexity index is 517. The number of amides is 2. The average molecular weight is 310 g/mol. The molecule has 0 saturated heterocycles. The number of hydrogen-bond donors (Lipinski definition) is 3. The number of anilines is 1. The van der Waals surface area contributed by atoms with Gasteiger partial charge in [0.1, 0.15) is 0 Å². The topological polar surface area (TPSA) is 70.2 Å². The van der Waals surface area contributed by atoms with Gasteiger partial charge >= 0.3 is 0 Å². The zero-order valence-electron chi connectivity index (χ0n) is 12.0. The van der Waals surface area contributed by atoms with Crippen LogP contribution in [0.15, 0.2) is 36.5 Å². The van der Waals surface area contributed by atoms with Crippen molar-refractivity contribution < 1.29 is 9.59 Å². The Morgan fingerprint density at radius 1 is 1.24 bits per heavy atom. The average Bonchev–Trinajstić information content (AvgIpc) is 2.42. The van der Waals surface area contributed by atoms with E-state index in [1.165, 1.54) is 0 Å². The van der Waals surface area contributed by atoms with Gasteiger partial charge < -0.3 is 10.7 Å². The number of halogens is 1. The molecule has 3 N–H and O–H groups in total. The van der Waals surface area contributed by atoms with Crippen LogP contribution in [0.4, 0.5) is 5.69 Å². The standard InChI is InChI=1S/C15H20ClN3O2/c1-3-4-8-14(20)19-18-11(2)9-15(21)17-13-7-5-6-12(16)10-13/h5-7,10,18H,2-4,8-9H2,1H3,(H,17,21)(H,19,20).